The van der Waals surface area contributed by atoms with Crippen molar-refractivity contribution in [3.8, 4) is 5.75 Å². The highest BCUT2D eigenvalue weighted by Crippen LogP contribution is 2.19. The van der Waals surface area contributed by atoms with E-state index in [-0.39, 0.29) is 17.9 Å². The molecule has 9 nitrogen and oxygen atoms in total. The number of methoxy groups -OCH3 is 1. The van der Waals surface area contributed by atoms with Crippen LogP contribution in [0.3, 0.4) is 0 Å². The quantitative estimate of drug-likeness (QED) is 0.473. The van der Waals surface area contributed by atoms with E-state index in [0.717, 1.165) is 0 Å². The van der Waals surface area contributed by atoms with Gasteiger partial charge < -0.3 is 24.5 Å². The molecule has 2 aromatic rings. The van der Waals surface area contributed by atoms with Crippen molar-refractivity contribution in [1.82, 2.24) is 10.3 Å². The van der Waals surface area contributed by atoms with Crippen molar-refractivity contribution < 1.29 is 33.4 Å². The number of aromatic amines is 1. The van der Waals surface area contributed by atoms with Gasteiger partial charge >= 0.3 is 11.9 Å². The van der Waals surface area contributed by atoms with E-state index in [2.05, 4.69) is 10.3 Å². The van der Waals surface area contributed by atoms with E-state index in [1.807, 2.05) is 0 Å². The first-order valence-corrected chi connectivity index (χ1v) is 9.25. The third-order valence-electron chi connectivity index (χ3n) is 4.29. The molecule has 0 aliphatic heterocycles. The minimum absolute atomic E-state index is 0.189. The maximum absolute atomic E-state index is 12.5. The molecule has 160 valence electrons. The van der Waals surface area contributed by atoms with Crippen molar-refractivity contribution in [3.63, 3.8) is 0 Å². The summed E-state index contributed by atoms with van der Waals surface area (Å²) in [6.45, 7) is 4.22. The van der Waals surface area contributed by atoms with E-state index in [4.69, 9.17) is 14.2 Å². The van der Waals surface area contributed by atoms with Crippen molar-refractivity contribution >= 4 is 23.6 Å². The number of rotatable bonds is 9. The predicted octanol–water partition coefficient (Wildman–Crippen LogP) is 1.97. The molecular formula is C21H24N2O7. The van der Waals surface area contributed by atoms with Crippen LogP contribution in [0.2, 0.25) is 0 Å². The second-order valence-corrected chi connectivity index (χ2v) is 6.34. The molecule has 1 amide bonds. The van der Waals surface area contributed by atoms with Crippen LogP contribution in [0.25, 0.3) is 0 Å². The zero-order valence-electron chi connectivity index (χ0n) is 17.3. The normalized spacial score (nSPS) is 10.3. The van der Waals surface area contributed by atoms with Crippen molar-refractivity contribution in [3.05, 3.63) is 52.3 Å². The van der Waals surface area contributed by atoms with Crippen molar-refractivity contribution in [2.75, 3.05) is 26.9 Å². The second-order valence-electron chi connectivity index (χ2n) is 6.34. The summed E-state index contributed by atoms with van der Waals surface area (Å²) in [6, 6.07) is 6.44. The Bertz CT molecular complexity index is 962. The van der Waals surface area contributed by atoms with Gasteiger partial charge in [0.15, 0.2) is 6.61 Å². The van der Waals surface area contributed by atoms with Crippen LogP contribution in [0.15, 0.2) is 24.3 Å². The lowest BCUT2D eigenvalue weighted by atomic mass is 10.1. The maximum atomic E-state index is 12.5. The Morgan fingerprint density at radius 2 is 1.83 bits per heavy atom. The Hall–Kier alpha value is -3.62. The van der Waals surface area contributed by atoms with Crippen molar-refractivity contribution in [2.24, 2.45) is 0 Å². The van der Waals surface area contributed by atoms with Gasteiger partial charge in [-0.15, -0.1) is 0 Å². The number of carbonyl (C=O) groups is 4. The van der Waals surface area contributed by atoms with Crippen LogP contribution in [0, 0.1) is 13.8 Å². The molecule has 0 aliphatic rings. The van der Waals surface area contributed by atoms with Gasteiger partial charge in [0, 0.05) is 16.8 Å². The SMILES string of the molecule is CCOC(=O)c1[nH]c(C)c(C(=O)COC(=O)CNC(=O)c2cccc(OC)c2)c1C. The molecule has 0 radical (unpaired) electrons. The third kappa shape index (κ3) is 5.47. The smallest absolute Gasteiger partial charge is 0.355 e. The molecule has 0 fully saturated rings. The first-order chi connectivity index (χ1) is 14.3. The van der Waals surface area contributed by atoms with Gasteiger partial charge in [-0.25, -0.2) is 4.79 Å². The number of Topliss-reactive ketones (excluding diaryl/α,β-unsaturated/α-hetero) is 1. The largest absolute Gasteiger partial charge is 0.497 e. The highest BCUT2D eigenvalue weighted by molar-refractivity contribution is 6.03. The summed E-state index contributed by atoms with van der Waals surface area (Å²) in [6.07, 6.45) is 0. The summed E-state index contributed by atoms with van der Waals surface area (Å²) in [5.41, 5.74) is 1.69. The number of hydrogen-bond acceptors (Lipinski definition) is 7. The molecule has 30 heavy (non-hydrogen) atoms. The average molecular weight is 416 g/mol. The Morgan fingerprint density at radius 1 is 1.10 bits per heavy atom. The second kappa shape index (κ2) is 10.2. The predicted molar refractivity (Wildman–Crippen MR) is 107 cm³/mol. The summed E-state index contributed by atoms with van der Waals surface area (Å²) in [5.74, 6) is -1.77. The van der Waals surface area contributed by atoms with E-state index in [9.17, 15) is 19.2 Å². The fourth-order valence-corrected chi connectivity index (χ4v) is 2.86. The molecule has 0 atom stereocenters. The molecule has 0 aliphatic carbocycles. The van der Waals surface area contributed by atoms with E-state index in [1.54, 1.807) is 39.0 Å². The molecule has 0 spiro atoms. The lowest BCUT2D eigenvalue weighted by molar-refractivity contribution is -0.141. The molecule has 0 unspecified atom stereocenters. The number of ether oxygens (including phenoxy) is 3. The topological polar surface area (TPSA) is 124 Å². The third-order valence-corrected chi connectivity index (χ3v) is 4.29. The number of amides is 1. The van der Waals surface area contributed by atoms with Gasteiger partial charge in [0.2, 0.25) is 5.78 Å². The monoisotopic (exact) mass is 416 g/mol. The zero-order chi connectivity index (χ0) is 22.3. The number of ketones is 1. The first kappa shape index (κ1) is 22.7. The molecule has 0 saturated carbocycles. The van der Waals surface area contributed by atoms with Gasteiger partial charge in [-0.3, -0.25) is 14.4 Å². The Morgan fingerprint density at radius 3 is 2.50 bits per heavy atom. The van der Waals surface area contributed by atoms with Crippen LogP contribution in [0.5, 0.6) is 5.75 Å². The van der Waals surface area contributed by atoms with E-state index >= 15 is 0 Å². The van der Waals surface area contributed by atoms with Crippen LogP contribution < -0.4 is 10.1 Å². The molecule has 0 bridgehead atoms. The van der Waals surface area contributed by atoms with Crippen LogP contribution in [-0.4, -0.2) is 55.5 Å². The van der Waals surface area contributed by atoms with Gasteiger partial charge in [-0.2, -0.15) is 0 Å². The van der Waals surface area contributed by atoms with Gasteiger partial charge in [0.25, 0.3) is 5.91 Å². The highest BCUT2D eigenvalue weighted by atomic mass is 16.5. The van der Waals surface area contributed by atoms with E-state index in [1.165, 1.54) is 13.2 Å². The number of H-pyrrole nitrogens is 1. The van der Waals surface area contributed by atoms with Gasteiger partial charge in [0.05, 0.1) is 13.7 Å². The molecule has 2 N–H and O–H groups in total. The van der Waals surface area contributed by atoms with E-state index < -0.39 is 36.8 Å². The summed E-state index contributed by atoms with van der Waals surface area (Å²) in [4.78, 5) is 51.2. The first-order valence-electron chi connectivity index (χ1n) is 9.25. The Balaban J connectivity index is 1.91. The fourth-order valence-electron chi connectivity index (χ4n) is 2.86. The number of aromatic nitrogens is 1. The van der Waals surface area contributed by atoms with Crippen LogP contribution in [-0.2, 0) is 14.3 Å². The van der Waals surface area contributed by atoms with Crippen LogP contribution in [0.4, 0.5) is 0 Å². The molecule has 1 aromatic carbocycles. The molecular weight excluding hydrogens is 392 g/mol. The maximum Gasteiger partial charge on any atom is 0.355 e. The fraction of sp³-hybridized carbons (Fsp3) is 0.333. The minimum Gasteiger partial charge on any atom is -0.497 e. The minimum atomic E-state index is -0.768. The van der Waals surface area contributed by atoms with Crippen molar-refractivity contribution in [1.29, 1.82) is 0 Å². The summed E-state index contributed by atoms with van der Waals surface area (Å²) >= 11 is 0. The molecule has 0 saturated heterocycles. The molecule has 9 heteroatoms. The number of aryl methyl sites for hydroxylation is 1. The zero-order valence-corrected chi connectivity index (χ0v) is 17.3. The van der Waals surface area contributed by atoms with Gasteiger partial charge in [-0.1, -0.05) is 6.07 Å². The standard InChI is InChI=1S/C21H24N2O7/c1-5-29-21(27)19-12(2)18(13(3)23-19)16(24)11-30-17(25)10-22-20(26)14-7-6-8-15(9-14)28-4/h6-9,23H,5,10-11H2,1-4H3,(H,22,26). The highest BCUT2D eigenvalue weighted by Gasteiger charge is 2.23. The number of hydrogen-bond donors (Lipinski definition) is 2. The number of benzene rings is 1. The number of esters is 2. The van der Waals surface area contributed by atoms with Crippen LogP contribution in [0.1, 0.15) is 49.4 Å². The number of nitrogens with one attached hydrogen (secondary N) is 2. The molecule has 1 heterocycles. The lowest BCUT2D eigenvalue weighted by Gasteiger charge is -2.08. The summed E-state index contributed by atoms with van der Waals surface area (Å²) in [7, 11) is 1.48. The number of carbonyl (C=O) groups excluding carboxylic acids is 4. The Kier molecular flexibility index (Phi) is 7.74. The molecule has 1 aromatic heterocycles. The lowest BCUT2D eigenvalue weighted by Crippen LogP contribution is -2.31. The van der Waals surface area contributed by atoms with Crippen molar-refractivity contribution in [2.45, 2.75) is 20.8 Å². The van der Waals surface area contributed by atoms with Gasteiger partial charge in [-0.05, 0) is 44.5 Å². The summed E-state index contributed by atoms with van der Waals surface area (Å²) < 4.78 is 15.0. The molecule has 2 rings (SSSR count). The van der Waals surface area contributed by atoms with Crippen LogP contribution >= 0.6 is 0 Å². The average Bonchev–Trinajstić information content (AvgIpc) is 3.04. The summed E-state index contributed by atoms with van der Waals surface area (Å²) in [5, 5.41) is 2.42. The van der Waals surface area contributed by atoms with E-state index in [0.29, 0.717) is 22.6 Å². The van der Waals surface area contributed by atoms with Gasteiger partial charge in [0.1, 0.15) is 18.0 Å². The Labute approximate surface area is 173 Å².